The van der Waals surface area contributed by atoms with Gasteiger partial charge in [0.1, 0.15) is 18.1 Å². The number of primary amides is 1. The lowest BCUT2D eigenvalue weighted by atomic mass is 10.00. The first-order valence-electron chi connectivity index (χ1n) is 11.9. The summed E-state index contributed by atoms with van der Waals surface area (Å²) in [6.07, 6.45) is 0.680. The van der Waals surface area contributed by atoms with Crippen LogP contribution < -0.4 is 33.2 Å². The number of hydrogen-bond donors (Lipinski definition) is 11. The molecular weight excluding hydrogens is 508 g/mol. The summed E-state index contributed by atoms with van der Waals surface area (Å²) in [6.45, 7) is 6.36. The molecule has 0 bridgehead atoms. The van der Waals surface area contributed by atoms with Crippen LogP contribution in [0.1, 0.15) is 46.5 Å². The third-order valence-corrected chi connectivity index (χ3v) is 4.67. The summed E-state index contributed by atoms with van der Waals surface area (Å²) in [5.41, 5.74) is 15.1. The molecule has 0 aromatic rings. The van der Waals surface area contributed by atoms with E-state index in [0.29, 0.717) is 13.0 Å². The van der Waals surface area contributed by atoms with Crippen molar-refractivity contribution in [1.29, 1.82) is 0 Å². The minimum absolute atomic E-state index is 0.0417. The van der Waals surface area contributed by atoms with Gasteiger partial charge in [0.15, 0.2) is 0 Å². The summed E-state index contributed by atoms with van der Waals surface area (Å²) >= 11 is 0. The van der Waals surface area contributed by atoms with Crippen LogP contribution in [0.25, 0.3) is 0 Å². The third-order valence-electron chi connectivity index (χ3n) is 4.67. The summed E-state index contributed by atoms with van der Waals surface area (Å²) < 4.78 is 0. The van der Waals surface area contributed by atoms with Crippen LogP contribution in [0.2, 0.25) is 0 Å². The maximum absolute atomic E-state index is 10.5. The second-order valence-electron chi connectivity index (χ2n) is 7.94. The molecule has 0 aliphatic rings. The highest BCUT2D eigenvalue weighted by atomic mass is 16.4. The molecule has 14 N–H and O–H groups in total. The number of carboxylic acid groups (broad SMARTS) is 4. The number of nitrogens with two attached hydrogens (primary N) is 3. The lowest BCUT2D eigenvalue weighted by Crippen LogP contribution is -2.39. The van der Waals surface area contributed by atoms with E-state index in [-0.39, 0.29) is 31.8 Å². The minimum Gasteiger partial charge on any atom is -0.480 e. The Morgan fingerprint density at radius 1 is 0.895 bits per heavy atom. The Morgan fingerprint density at radius 2 is 1.42 bits per heavy atom. The lowest BCUT2D eigenvalue weighted by Gasteiger charge is -2.16. The van der Waals surface area contributed by atoms with Crippen molar-refractivity contribution >= 4 is 29.8 Å². The van der Waals surface area contributed by atoms with Crippen LogP contribution in [0.4, 0.5) is 0 Å². The monoisotopic (exact) mass is 556 g/mol. The number of aliphatic hydroxyl groups is 1. The molecule has 0 heterocycles. The fraction of sp³-hybridized carbons (Fsp3) is 0.773. The number of carbonyl (C=O) groups is 5. The molecule has 0 radical (unpaired) electrons. The molecule has 226 valence electrons. The topological polar surface area (TPSA) is 301 Å². The number of nitrogens with one attached hydrogen (secondary N) is 3. The zero-order chi connectivity index (χ0) is 30.8. The molecule has 0 aromatic heterocycles. The van der Waals surface area contributed by atoms with E-state index in [0.717, 1.165) is 6.42 Å². The fourth-order valence-corrected chi connectivity index (χ4v) is 2.35. The first kappa shape index (κ1) is 42.2. The maximum Gasteiger partial charge on any atom is 0.321 e. The Bertz CT molecular complexity index is 669. The van der Waals surface area contributed by atoms with Gasteiger partial charge >= 0.3 is 23.9 Å². The van der Waals surface area contributed by atoms with Crippen molar-refractivity contribution in [2.45, 2.75) is 70.7 Å². The number of carboxylic acids is 4. The van der Waals surface area contributed by atoms with Gasteiger partial charge in [-0.2, -0.15) is 0 Å². The summed E-state index contributed by atoms with van der Waals surface area (Å²) in [5.74, 6) is -4.10. The minimum atomic E-state index is -1.05. The predicted octanol–water partition coefficient (Wildman–Crippen LogP) is -2.58. The summed E-state index contributed by atoms with van der Waals surface area (Å²) in [7, 11) is 3.26. The Hall–Kier alpha value is -2.89. The zero-order valence-electron chi connectivity index (χ0n) is 22.8. The van der Waals surface area contributed by atoms with Gasteiger partial charge in [0, 0.05) is 6.54 Å². The summed E-state index contributed by atoms with van der Waals surface area (Å²) in [6, 6.07) is -2.14. The van der Waals surface area contributed by atoms with Crippen molar-refractivity contribution in [3.8, 4) is 0 Å². The van der Waals surface area contributed by atoms with E-state index in [1.165, 1.54) is 0 Å². The van der Waals surface area contributed by atoms with Crippen molar-refractivity contribution in [3.05, 3.63) is 0 Å². The molecular formula is C22H48N6O10. The van der Waals surface area contributed by atoms with Gasteiger partial charge in [0.2, 0.25) is 5.91 Å². The number of aliphatic carboxylic acids is 4. The van der Waals surface area contributed by atoms with Crippen molar-refractivity contribution in [3.63, 3.8) is 0 Å². The molecule has 16 heteroatoms. The van der Waals surface area contributed by atoms with Gasteiger partial charge in [0.05, 0.1) is 19.1 Å². The van der Waals surface area contributed by atoms with Gasteiger partial charge in [-0.1, -0.05) is 27.2 Å². The van der Waals surface area contributed by atoms with Gasteiger partial charge in [-0.3, -0.25) is 24.0 Å². The van der Waals surface area contributed by atoms with E-state index >= 15 is 0 Å². The highest BCUT2D eigenvalue weighted by Gasteiger charge is 2.20. The molecule has 0 unspecified atom stereocenters. The largest absolute Gasteiger partial charge is 0.480 e. The van der Waals surface area contributed by atoms with Crippen LogP contribution in [-0.2, 0) is 24.0 Å². The van der Waals surface area contributed by atoms with Crippen molar-refractivity contribution < 1.29 is 49.5 Å². The second-order valence-corrected chi connectivity index (χ2v) is 7.94. The molecule has 16 nitrogen and oxygen atoms in total. The average molecular weight is 557 g/mol. The van der Waals surface area contributed by atoms with Gasteiger partial charge in [-0.05, 0) is 39.4 Å². The van der Waals surface area contributed by atoms with E-state index in [2.05, 4.69) is 16.0 Å². The van der Waals surface area contributed by atoms with Crippen LogP contribution in [0.3, 0.4) is 0 Å². The van der Waals surface area contributed by atoms with Crippen LogP contribution in [0, 0.1) is 5.92 Å². The van der Waals surface area contributed by atoms with Gasteiger partial charge < -0.3 is 58.7 Å². The fourth-order valence-electron chi connectivity index (χ4n) is 2.35. The average Bonchev–Trinajstić information content (AvgIpc) is 2.82. The Morgan fingerprint density at radius 3 is 1.63 bits per heavy atom. The number of rotatable bonds is 16. The third kappa shape index (κ3) is 29.3. The molecule has 0 aromatic carbocycles. The number of likely N-dealkylation sites (N-methyl/N-ethyl adjacent to an activating group) is 3. The molecule has 38 heavy (non-hydrogen) atoms. The number of aliphatic hydroxyl groups excluding tert-OH is 1. The normalized spacial score (nSPS) is 13.8. The lowest BCUT2D eigenvalue weighted by molar-refractivity contribution is -0.141. The Labute approximate surface area is 223 Å². The first-order valence-corrected chi connectivity index (χ1v) is 11.9. The molecule has 0 aliphatic heterocycles. The van der Waals surface area contributed by atoms with E-state index in [4.69, 9.17) is 42.7 Å². The second kappa shape index (κ2) is 27.2. The van der Waals surface area contributed by atoms with E-state index < -0.39 is 54.0 Å². The van der Waals surface area contributed by atoms with E-state index in [9.17, 15) is 24.0 Å². The zero-order valence-corrected chi connectivity index (χ0v) is 22.8. The van der Waals surface area contributed by atoms with Crippen LogP contribution >= 0.6 is 0 Å². The van der Waals surface area contributed by atoms with Gasteiger partial charge in [0.25, 0.3) is 0 Å². The maximum atomic E-state index is 10.5. The molecule has 1 amide bonds. The highest BCUT2D eigenvalue weighted by molar-refractivity contribution is 5.83. The standard InChI is InChI=1S/C7H15NO2.C6H12N2O3.C6H14N2O3.C3H7NO2/c1-4-5(2)6(8-3)7(9)10;1-2-8-4(6(10)11)3-5(7)9;7-3-4(9)1-2-5(8)6(10)11;1-4-2-3(5)6/h5-6,8H,4H2,1-3H3,(H,9,10);4,8H,2-3H2,1H3,(H2,7,9)(H,10,11);4-5,9H,1-3,7-8H2,(H,10,11);4H,2H2,1H3,(H,5,6)/t5-,6-;4-;4-,5+;/m001./s1. The molecule has 0 rings (SSSR count). The number of carbonyl (C=O) groups excluding carboxylic acids is 1. The van der Waals surface area contributed by atoms with Crippen LogP contribution in [0.5, 0.6) is 0 Å². The Kier molecular flexibility index (Phi) is 30.2. The summed E-state index contributed by atoms with van der Waals surface area (Å²) in [4.78, 5) is 50.8. The molecule has 0 aliphatic carbocycles. The number of hydrogen-bond acceptors (Lipinski definition) is 11. The molecule has 0 saturated carbocycles. The van der Waals surface area contributed by atoms with Crippen molar-refractivity contribution in [2.75, 3.05) is 33.7 Å². The van der Waals surface area contributed by atoms with Crippen molar-refractivity contribution in [2.24, 2.45) is 23.1 Å². The predicted molar refractivity (Wildman–Crippen MR) is 140 cm³/mol. The smallest absolute Gasteiger partial charge is 0.321 e. The van der Waals surface area contributed by atoms with E-state index in [1.54, 1.807) is 21.0 Å². The SMILES string of the molecule is CCN[C@@H](CC(N)=O)C(=O)O.CC[C@H](C)[C@H](NC)C(=O)O.CNCC(=O)O.NC[C@H](O)CC[C@H](N)C(=O)O. The van der Waals surface area contributed by atoms with Crippen LogP contribution in [0.15, 0.2) is 0 Å². The quantitative estimate of drug-likeness (QED) is 0.0929. The number of amides is 1. The highest BCUT2D eigenvalue weighted by Crippen LogP contribution is 2.06. The van der Waals surface area contributed by atoms with Crippen molar-refractivity contribution in [1.82, 2.24) is 16.0 Å². The summed E-state index contributed by atoms with van der Waals surface area (Å²) in [5, 5.41) is 50.0. The molecule has 0 fully saturated rings. The molecule has 5 atom stereocenters. The first-order chi connectivity index (χ1) is 17.5. The molecule has 0 saturated heterocycles. The van der Waals surface area contributed by atoms with Crippen LogP contribution in [-0.4, -0.2) is 113 Å². The Balaban J connectivity index is -0.000000207. The van der Waals surface area contributed by atoms with Gasteiger partial charge in [-0.15, -0.1) is 0 Å². The van der Waals surface area contributed by atoms with Gasteiger partial charge in [-0.25, -0.2) is 0 Å². The molecule has 0 spiro atoms. The van der Waals surface area contributed by atoms with E-state index in [1.807, 2.05) is 13.8 Å².